The van der Waals surface area contributed by atoms with Gasteiger partial charge >= 0.3 is 0 Å². The smallest absolute Gasteiger partial charge is 0.178 e. The van der Waals surface area contributed by atoms with Gasteiger partial charge in [0.15, 0.2) is 15.9 Å². The van der Waals surface area contributed by atoms with Crippen molar-refractivity contribution in [2.24, 2.45) is 5.41 Å². The summed E-state index contributed by atoms with van der Waals surface area (Å²) in [5.41, 5.74) is 6.05. The summed E-state index contributed by atoms with van der Waals surface area (Å²) in [6, 6.07) is 21.2. The normalized spacial score (nSPS) is 21.4. The van der Waals surface area contributed by atoms with Crippen molar-refractivity contribution in [2.45, 2.75) is 24.2 Å². The van der Waals surface area contributed by atoms with Crippen molar-refractivity contribution in [1.29, 1.82) is 0 Å². The van der Waals surface area contributed by atoms with Gasteiger partial charge in [0, 0.05) is 30.7 Å². The van der Waals surface area contributed by atoms with Crippen molar-refractivity contribution in [1.82, 2.24) is 14.1 Å². The van der Waals surface area contributed by atoms with Gasteiger partial charge < -0.3 is 9.64 Å². The van der Waals surface area contributed by atoms with Crippen molar-refractivity contribution < 1.29 is 17.7 Å². The molecule has 3 aliphatic rings. The molecule has 6 nitrogen and oxygen atoms in total. The maximum absolute atomic E-state index is 14.0. The van der Waals surface area contributed by atoms with Gasteiger partial charge in [-0.2, -0.15) is 5.10 Å². The third-order valence-corrected chi connectivity index (χ3v) is 10.4. The number of ether oxygens (including phenoxy) is 1. The maximum atomic E-state index is 14.0. The monoisotopic (exact) mass is 587 g/mol. The first-order valence-electron chi connectivity index (χ1n) is 14.4. The van der Waals surface area contributed by atoms with E-state index in [2.05, 4.69) is 32.5 Å². The number of fused-ring (bicyclic) bond motifs is 2. The Morgan fingerprint density at radius 3 is 2.24 bits per heavy atom. The second kappa shape index (κ2) is 11.2. The number of hydrogen-bond acceptors (Lipinski definition) is 4. The first-order chi connectivity index (χ1) is 20.5. The molecular weight excluding hydrogens is 554 g/mol. The fourth-order valence-corrected chi connectivity index (χ4v) is 8.01. The molecule has 0 saturated carbocycles. The topological polar surface area (TPSA) is 50.6 Å². The zero-order valence-corrected chi connectivity index (χ0v) is 24.1. The molecule has 2 saturated heterocycles. The highest BCUT2D eigenvalue weighted by Crippen LogP contribution is 2.47. The predicted octanol–water partition coefficient (Wildman–Crippen LogP) is 5.53. The van der Waals surface area contributed by atoms with E-state index >= 15 is 0 Å². The number of hydrogen-bond donors (Lipinski definition) is 0. The molecule has 0 N–H and O–H groups in total. The molecule has 9 heteroatoms. The van der Waals surface area contributed by atoms with Crippen LogP contribution in [-0.4, -0.2) is 53.5 Å². The molecule has 2 fully saturated rings. The number of halogens is 2. The first kappa shape index (κ1) is 27.2. The van der Waals surface area contributed by atoms with Gasteiger partial charge in [0.1, 0.15) is 11.6 Å². The zero-order valence-electron chi connectivity index (χ0n) is 23.3. The molecule has 1 aliphatic carbocycles. The second-order valence-electron chi connectivity index (χ2n) is 11.4. The second-order valence-corrected chi connectivity index (χ2v) is 13.0. The van der Waals surface area contributed by atoms with Gasteiger partial charge in [0.05, 0.1) is 37.3 Å². The molecule has 3 aromatic carbocycles. The van der Waals surface area contributed by atoms with Crippen LogP contribution in [0.25, 0.3) is 11.8 Å². The molecule has 0 bridgehead atoms. The average Bonchev–Trinajstić information content (AvgIpc) is 3.43. The molecule has 2 unspecified atom stereocenters. The minimum absolute atomic E-state index is 0.257. The lowest BCUT2D eigenvalue weighted by atomic mass is 9.66. The predicted molar refractivity (Wildman–Crippen MR) is 161 cm³/mol. The molecule has 0 spiro atoms. The molecular formula is C33H33F2N4O2S+. The van der Waals surface area contributed by atoms with Crippen LogP contribution in [0.5, 0.6) is 0 Å². The Hall–Kier alpha value is -3.66. The fourth-order valence-electron chi connectivity index (χ4n) is 6.59. The third-order valence-electron chi connectivity index (χ3n) is 8.76. The molecule has 42 heavy (non-hydrogen) atoms. The van der Waals surface area contributed by atoms with Crippen LogP contribution in [-0.2, 0) is 32.8 Å². The Kier molecular flexibility index (Phi) is 7.25. The van der Waals surface area contributed by atoms with Crippen LogP contribution in [0.2, 0.25) is 0 Å². The van der Waals surface area contributed by atoms with Crippen molar-refractivity contribution >= 4 is 22.7 Å². The zero-order chi connectivity index (χ0) is 28.7. The molecule has 2 atom stereocenters. The van der Waals surface area contributed by atoms with Crippen LogP contribution < -0.4 is 4.90 Å². The Bertz CT molecular complexity index is 1630. The molecule has 4 aromatic rings. The summed E-state index contributed by atoms with van der Waals surface area (Å²) in [7, 11) is -1.77. The number of piperidine rings is 1. The summed E-state index contributed by atoms with van der Waals surface area (Å²) in [5, 5.41) is 4.67. The summed E-state index contributed by atoms with van der Waals surface area (Å²) in [4.78, 5) is 3.12. The highest BCUT2D eigenvalue weighted by atomic mass is 32.2. The van der Waals surface area contributed by atoms with Crippen LogP contribution in [0.15, 0.2) is 89.5 Å². The van der Waals surface area contributed by atoms with Crippen LogP contribution in [0, 0.1) is 17.0 Å². The fraction of sp³-hybridized carbons (Fsp3) is 0.303. The van der Waals surface area contributed by atoms with Gasteiger partial charge in [-0.15, -0.1) is 4.31 Å². The number of morpholine rings is 1. The van der Waals surface area contributed by atoms with Crippen LogP contribution in [0.4, 0.5) is 14.5 Å². The van der Waals surface area contributed by atoms with E-state index in [4.69, 9.17) is 4.74 Å². The molecule has 1 aromatic heterocycles. The maximum Gasteiger partial charge on any atom is 0.178 e. The largest absolute Gasteiger partial charge is 0.378 e. The Morgan fingerprint density at radius 2 is 1.52 bits per heavy atom. The van der Waals surface area contributed by atoms with E-state index in [0.29, 0.717) is 19.5 Å². The van der Waals surface area contributed by atoms with E-state index in [1.165, 1.54) is 29.8 Å². The van der Waals surface area contributed by atoms with E-state index in [1.807, 2.05) is 35.1 Å². The first-order valence-corrected chi connectivity index (χ1v) is 15.6. The van der Waals surface area contributed by atoms with Crippen LogP contribution >= 0.6 is 0 Å². The van der Waals surface area contributed by atoms with E-state index in [9.17, 15) is 13.0 Å². The van der Waals surface area contributed by atoms with Crippen molar-refractivity contribution in [2.75, 3.05) is 44.3 Å². The van der Waals surface area contributed by atoms with E-state index < -0.39 is 11.0 Å². The molecule has 2 aliphatic heterocycles. The lowest BCUT2D eigenvalue weighted by Crippen LogP contribution is -2.48. The van der Waals surface area contributed by atoms with Crippen LogP contribution in [0.1, 0.15) is 23.2 Å². The number of benzene rings is 3. The standard InChI is InChI=1S/C33H32F2N4O2S/c34-27-3-1-24(2-4-27)20-33-21-25-22-36-39(30-7-5-28(35)6-8-30)32(25)19-26(33)13-14-38(23-33)42(40)31-11-9-29(10-12-31)37-15-17-41-18-16-37/h1-12,19,22H,13-18,20-21,23H2/p+1. The van der Waals surface area contributed by atoms with Gasteiger partial charge in [-0.05, 0) is 97.1 Å². The van der Waals surface area contributed by atoms with E-state index in [-0.39, 0.29) is 17.0 Å². The summed E-state index contributed by atoms with van der Waals surface area (Å²) < 4.78 is 50.8. The molecule has 216 valence electrons. The summed E-state index contributed by atoms with van der Waals surface area (Å²) in [6.45, 7) is 4.46. The number of thiol groups is 1. The van der Waals surface area contributed by atoms with Crippen LogP contribution in [0.3, 0.4) is 0 Å². The lowest BCUT2D eigenvalue weighted by Gasteiger charge is -2.44. The van der Waals surface area contributed by atoms with Gasteiger partial charge in [-0.25, -0.2) is 13.5 Å². The number of rotatable bonds is 6. The minimum atomic E-state index is -1.77. The Labute approximate surface area is 246 Å². The van der Waals surface area contributed by atoms with Crippen molar-refractivity contribution in [3.05, 3.63) is 113 Å². The van der Waals surface area contributed by atoms with Gasteiger partial charge in [-0.3, -0.25) is 0 Å². The summed E-state index contributed by atoms with van der Waals surface area (Å²) >= 11 is 0. The minimum Gasteiger partial charge on any atom is -0.378 e. The third kappa shape index (κ3) is 5.21. The molecule has 0 amide bonds. The quantitative estimate of drug-likeness (QED) is 0.220. The number of aromatic nitrogens is 2. The number of anilines is 1. The highest BCUT2D eigenvalue weighted by Gasteiger charge is 2.46. The number of nitrogens with zero attached hydrogens (tertiary/aromatic N) is 4. The SMILES string of the molecule is O=[SH+](c1ccc(N2CCOCC2)cc1)N1CCC2=Cc3c(cnn3-c3ccc(F)cc3)CC2(Cc2ccc(F)cc2)C1. The van der Waals surface area contributed by atoms with E-state index in [1.54, 1.807) is 12.1 Å². The van der Waals surface area contributed by atoms with Gasteiger partial charge in [0.25, 0.3) is 0 Å². The Balaban J connectivity index is 1.19. The highest BCUT2D eigenvalue weighted by molar-refractivity contribution is 7.82. The van der Waals surface area contributed by atoms with Crippen molar-refractivity contribution in [3.8, 4) is 5.69 Å². The summed E-state index contributed by atoms with van der Waals surface area (Å²) in [5.74, 6) is -0.541. The Morgan fingerprint density at radius 1 is 0.857 bits per heavy atom. The lowest BCUT2D eigenvalue weighted by molar-refractivity contribution is 0.122. The van der Waals surface area contributed by atoms with Gasteiger partial charge in [0.2, 0.25) is 0 Å². The average molecular weight is 588 g/mol. The summed E-state index contributed by atoms with van der Waals surface area (Å²) in [6.07, 6.45) is 6.31. The molecule has 0 radical (unpaired) electrons. The van der Waals surface area contributed by atoms with Gasteiger partial charge in [-0.1, -0.05) is 21.9 Å². The molecule has 3 heterocycles. The van der Waals surface area contributed by atoms with E-state index in [0.717, 1.165) is 72.2 Å². The molecule has 7 rings (SSSR count). The van der Waals surface area contributed by atoms with Crippen molar-refractivity contribution in [3.63, 3.8) is 0 Å².